The third-order valence-electron chi connectivity index (χ3n) is 6.71. The van der Waals surface area contributed by atoms with Crippen LogP contribution in [0, 0.1) is 5.92 Å². The van der Waals surface area contributed by atoms with Crippen LogP contribution in [0.1, 0.15) is 75.9 Å². The zero-order valence-electron chi connectivity index (χ0n) is 20.5. The van der Waals surface area contributed by atoms with Crippen molar-refractivity contribution in [3.8, 4) is 0 Å². The van der Waals surface area contributed by atoms with Gasteiger partial charge in [-0.2, -0.15) is 0 Å². The first kappa shape index (κ1) is 23.0. The maximum Gasteiger partial charge on any atom is 0.0702 e. The lowest BCUT2D eigenvalue weighted by Gasteiger charge is -2.20. The molecule has 1 aliphatic carbocycles. The van der Waals surface area contributed by atoms with E-state index in [0.717, 1.165) is 39.7 Å². The van der Waals surface area contributed by atoms with E-state index in [-0.39, 0.29) is 0 Å². The molecule has 1 N–H and O–H groups in total. The van der Waals surface area contributed by atoms with Crippen molar-refractivity contribution < 1.29 is 0 Å². The van der Waals surface area contributed by atoms with Crippen LogP contribution in [-0.2, 0) is 6.42 Å². The van der Waals surface area contributed by atoms with Crippen LogP contribution in [0.25, 0.3) is 27.6 Å². The van der Waals surface area contributed by atoms with E-state index in [9.17, 15) is 0 Å². The Morgan fingerprint density at radius 2 is 1.97 bits per heavy atom. The quantitative estimate of drug-likeness (QED) is 0.351. The van der Waals surface area contributed by atoms with Crippen molar-refractivity contribution in [2.75, 3.05) is 0 Å². The van der Waals surface area contributed by atoms with Crippen molar-refractivity contribution in [2.45, 2.75) is 59.8 Å². The highest BCUT2D eigenvalue weighted by atomic mass is 14.7. The highest BCUT2D eigenvalue weighted by Gasteiger charge is 2.18. The summed E-state index contributed by atoms with van der Waals surface area (Å²) in [4.78, 5) is 8.41. The lowest BCUT2D eigenvalue weighted by Crippen LogP contribution is -2.02. The molecule has 0 spiro atoms. The number of aromatic amines is 1. The fourth-order valence-electron chi connectivity index (χ4n) is 4.45. The standard InChI is InChI=1S/C31H36N2/c1-6-10-25(17-22(4)27-18-26-11-7-8-14-29(26)32-20-27)31-19-28(23(5)24-12-9-13-24)30(33-31)16-15-21(2)3/h6-8,10-11,14,17-21,33H,4,9,12-13,15-16H2,1-3,5H3/b10-6-,25-17+. The molecule has 0 amide bonds. The van der Waals surface area contributed by atoms with Gasteiger partial charge in [-0.1, -0.05) is 56.4 Å². The average Bonchev–Trinajstić information content (AvgIpc) is 3.20. The van der Waals surface area contributed by atoms with Crippen LogP contribution in [0.4, 0.5) is 0 Å². The topological polar surface area (TPSA) is 28.7 Å². The average molecular weight is 437 g/mol. The van der Waals surface area contributed by atoms with Crippen LogP contribution >= 0.6 is 0 Å². The second-order valence-electron chi connectivity index (χ2n) is 9.63. The SMILES string of the molecule is C=C(/C=C(\C=C/C)c1cc(C(C)=C2CCC2)c(CCC(C)C)[nH]1)c1cnc2ccccc2c1. The molecule has 0 saturated heterocycles. The third-order valence-corrected chi connectivity index (χ3v) is 6.71. The van der Waals surface area contributed by atoms with Crippen LogP contribution in [0.3, 0.4) is 0 Å². The number of hydrogen-bond donors (Lipinski definition) is 1. The van der Waals surface area contributed by atoms with E-state index in [2.05, 4.69) is 86.7 Å². The van der Waals surface area contributed by atoms with Crippen LogP contribution in [0.5, 0.6) is 0 Å². The highest BCUT2D eigenvalue weighted by Crippen LogP contribution is 2.36. The first-order valence-corrected chi connectivity index (χ1v) is 12.3. The monoisotopic (exact) mass is 436 g/mol. The zero-order valence-corrected chi connectivity index (χ0v) is 20.5. The summed E-state index contributed by atoms with van der Waals surface area (Å²) in [6.45, 7) is 13.4. The molecule has 1 saturated carbocycles. The Kier molecular flexibility index (Phi) is 7.13. The number of aromatic nitrogens is 2. The minimum absolute atomic E-state index is 0.687. The molecule has 3 aromatic rings. The largest absolute Gasteiger partial charge is 0.358 e. The van der Waals surface area contributed by atoms with Gasteiger partial charge in [-0.05, 0) is 98.4 Å². The number of pyridine rings is 1. The van der Waals surface area contributed by atoms with E-state index >= 15 is 0 Å². The second-order valence-corrected chi connectivity index (χ2v) is 9.63. The molecule has 2 nitrogen and oxygen atoms in total. The summed E-state index contributed by atoms with van der Waals surface area (Å²) in [5.41, 5.74) is 11.2. The van der Waals surface area contributed by atoms with Gasteiger partial charge in [0.1, 0.15) is 0 Å². The van der Waals surface area contributed by atoms with Crippen LogP contribution in [0.2, 0.25) is 0 Å². The Morgan fingerprint density at radius 3 is 2.67 bits per heavy atom. The van der Waals surface area contributed by atoms with E-state index in [0.29, 0.717) is 5.92 Å². The van der Waals surface area contributed by atoms with Crippen LogP contribution in [0.15, 0.2) is 73.0 Å². The Morgan fingerprint density at radius 1 is 1.18 bits per heavy atom. The smallest absolute Gasteiger partial charge is 0.0702 e. The summed E-state index contributed by atoms with van der Waals surface area (Å²) in [5, 5.41) is 1.14. The van der Waals surface area contributed by atoms with Gasteiger partial charge in [0, 0.05) is 28.5 Å². The molecule has 0 radical (unpaired) electrons. The Hall–Kier alpha value is -3.13. The first-order chi connectivity index (χ1) is 16.0. The number of aryl methyl sites for hydroxylation is 1. The van der Waals surface area contributed by atoms with Crippen molar-refractivity contribution in [1.29, 1.82) is 0 Å². The third kappa shape index (κ3) is 5.27. The number of fused-ring (bicyclic) bond motifs is 1. The molecule has 1 aliphatic rings. The molecular formula is C31H36N2. The van der Waals surface area contributed by atoms with Gasteiger partial charge in [-0.3, -0.25) is 4.98 Å². The molecule has 4 rings (SSSR count). The van der Waals surface area contributed by atoms with Gasteiger partial charge in [0.05, 0.1) is 5.52 Å². The molecule has 0 bridgehead atoms. The molecule has 0 atom stereocenters. The second kappa shape index (κ2) is 10.2. The molecular weight excluding hydrogens is 400 g/mol. The number of hydrogen-bond acceptors (Lipinski definition) is 1. The Balaban J connectivity index is 1.71. The van der Waals surface area contributed by atoms with Crippen molar-refractivity contribution in [1.82, 2.24) is 9.97 Å². The maximum absolute atomic E-state index is 4.62. The van der Waals surface area contributed by atoms with Crippen molar-refractivity contribution in [3.63, 3.8) is 0 Å². The van der Waals surface area contributed by atoms with Gasteiger partial charge in [0.15, 0.2) is 0 Å². The molecule has 2 heterocycles. The predicted molar refractivity (Wildman–Crippen MR) is 144 cm³/mol. The summed E-state index contributed by atoms with van der Waals surface area (Å²) >= 11 is 0. The molecule has 0 aliphatic heterocycles. The molecule has 1 aromatic carbocycles. The van der Waals surface area contributed by atoms with Crippen LogP contribution in [-0.4, -0.2) is 9.97 Å². The van der Waals surface area contributed by atoms with Gasteiger partial charge in [-0.25, -0.2) is 0 Å². The molecule has 2 aromatic heterocycles. The van der Waals surface area contributed by atoms with Gasteiger partial charge < -0.3 is 4.98 Å². The van der Waals surface area contributed by atoms with E-state index in [1.807, 2.05) is 18.3 Å². The Bertz CT molecular complexity index is 1240. The first-order valence-electron chi connectivity index (χ1n) is 12.3. The van der Waals surface area contributed by atoms with Crippen molar-refractivity contribution in [3.05, 3.63) is 95.5 Å². The van der Waals surface area contributed by atoms with E-state index in [1.165, 1.54) is 42.5 Å². The fraction of sp³-hybridized carbons (Fsp3) is 0.323. The fourth-order valence-corrected chi connectivity index (χ4v) is 4.45. The number of H-pyrrole nitrogens is 1. The van der Waals surface area contributed by atoms with E-state index < -0.39 is 0 Å². The minimum atomic E-state index is 0.687. The van der Waals surface area contributed by atoms with E-state index in [1.54, 1.807) is 5.57 Å². The number of benzene rings is 1. The van der Waals surface area contributed by atoms with Gasteiger partial charge in [0.2, 0.25) is 0 Å². The lowest BCUT2D eigenvalue weighted by molar-refractivity contribution is 0.582. The Labute approximate surface area is 198 Å². The number of allylic oxidation sites excluding steroid dienone is 7. The van der Waals surface area contributed by atoms with Crippen LogP contribution < -0.4 is 0 Å². The maximum atomic E-state index is 4.62. The number of para-hydroxylation sites is 1. The highest BCUT2D eigenvalue weighted by molar-refractivity contribution is 5.89. The lowest BCUT2D eigenvalue weighted by atomic mass is 9.85. The number of nitrogens with one attached hydrogen (secondary N) is 1. The predicted octanol–water partition coefficient (Wildman–Crippen LogP) is 8.78. The van der Waals surface area contributed by atoms with Crippen molar-refractivity contribution in [2.24, 2.45) is 5.92 Å². The zero-order chi connectivity index (χ0) is 23.4. The van der Waals surface area contributed by atoms with E-state index in [4.69, 9.17) is 0 Å². The summed E-state index contributed by atoms with van der Waals surface area (Å²) in [5.74, 6) is 0.687. The van der Waals surface area contributed by atoms with Gasteiger partial charge in [-0.15, -0.1) is 0 Å². The van der Waals surface area contributed by atoms with Crippen molar-refractivity contribution >= 4 is 27.6 Å². The normalized spacial score (nSPS) is 14.3. The number of rotatable bonds is 8. The molecule has 0 unspecified atom stereocenters. The van der Waals surface area contributed by atoms with Gasteiger partial charge in [0.25, 0.3) is 0 Å². The van der Waals surface area contributed by atoms with Gasteiger partial charge >= 0.3 is 0 Å². The molecule has 2 heteroatoms. The summed E-state index contributed by atoms with van der Waals surface area (Å²) in [6, 6.07) is 12.7. The molecule has 1 fully saturated rings. The summed E-state index contributed by atoms with van der Waals surface area (Å²) in [6.07, 6.45) is 14.5. The summed E-state index contributed by atoms with van der Waals surface area (Å²) in [7, 11) is 0. The number of nitrogens with zero attached hydrogens (tertiary/aromatic N) is 1. The molecule has 33 heavy (non-hydrogen) atoms. The summed E-state index contributed by atoms with van der Waals surface area (Å²) < 4.78 is 0. The minimum Gasteiger partial charge on any atom is -0.358 e. The molecule has 170 valence electrons.